The molecule has 0 saturated carbocycles. The lowest BCUT2D eigenvalue weighted by Crippen LogP contribution is -2.49. The number of carbonyl (C=O) groups excluding carboxylic acids is 4. The number of aryl methyl sites for hydroxylation is 1. The number of benzene rings is 3. The predicted molar refractivity (Wildman–Crippen MR) is 219 cm³/mol. The maximum atomic E-state index is 13.9. The largest absolute Gasteiger partial charge is 0.458 e. The fourth-order valence-corrected chi connectivity index (χ4v) is 7.04. The first-order chi connectivity index (χ1) is 26.9. The summed E-state index contributed by atoms with van der Waals surface area (Å²) >= 11 is 0. The van der Waals surface area contributed by atoms with Crippen LogP contribution in [0.1, 0.15) is 70.6 Å². The highest BCUT2D eigenvalue weighted by Gasteiger charge is 2.33. The van der Waals surface area contributed by atoms with Crippen molar-refractivity contribution < 1.29 is 37.1 Å². The van der Waals surface area contributed by atoms with Gasteiger partial charge in [-0.1, -0.05) is 77.9 Å². The van der Waals surface area contributed by atoms with Crippen molar-refractivity contribution in [2.24, 2.45) is 16.6 Å². The van der Waals surface area contributed by atoms with E-state index in [1.165, 1.54) is 24.1 Å². The number of nitrogens with one attached hydrogen (secondary N) is 2. The first kappa shape index (κ1) is 44.0. The molecule has 4 rings (SSSR count). The topological polar surface area (TPSA) is 190 Å². The Labute approximate surface area is 335 Å². The third kappa shape index (κ3) is 13.5. The van der Waals surface area contributed by atoms with Crippen LogP contribution < -0.4 is 20.7 Å². The third-order valence-electron chi connectivity index (χ3n) is 9.14. The number of carbonyl (C=O) groups is 4. The van der Waals surface area contributed by atoms with Gasteiger partial charge in [-0.2, -0.15) is 0 Å². The monoisotopic (exact) mass is 802 g/mol. The number of amides is 3. The third-order valence-corrected chi connectivity index (χ3v) is 10.5. The van der Waals surface area contributed by atoms with E-state index in [0.29, 0.717) is 18.7 Å². The molecule has 3 atom stereocenters. The molecule has 0 saturated heterocycles. The highest BCUT2D eigenvalue weighted by Crippen LogP contribution is 2.27. The number of nitrogens with two attached hydrogens (primary N) is 1. The van der Waals surface area contributed by atoms with Crippen molar-refractivity contribution in [1.82, 2.24) is 14.9 Å². The summed E-state index contributed by atoms with van der Waals surface area (Å²) in [6.07, 6.45) is 1.09. The number of nitrogens with zero attached hydrogens (tertiary/aromatic N) is 3. The number of esters is 1. The zero-order chi connectivity index (χ0) is 41.8. The van der Waals surface area contributed by atoms with E-state index in [0.717, 1.165) is 16.7 Å². The maximum Gasteiger partial charge on any atom is 0.410 e. The lowest BCUT2D eigenvalue weighted by Gasteiger charge is -2.30. The van der Waals surface area contributed by atoms with Gasteiger partial charge in [0.15, 0.2) is 0 Å². The second-order valence-electron chi connectivity index (χ2n) is 14.9. The van der Waals surface area contributed by atoms with Crippen LogP contribution in [0, 0.1) is 12.8 Å². The molecule has 3 aromatic rings. The molecule has 0 aliphatic carbocycles. The van der Waals surface area contributed by atoms with Crippen LogP contribution in [0.15, 0.2) is 106 Å². The van der Waals surface area contributed by atoms with Crippen molar-refractivity contribution in [1.29, 1.82) is 0 Å². The maximum absolute atomic E-state index is 13.9. The fourth-order valence-electron chi connectivity index (χ4n) is 6.09. The summed E-state index contributed by atoms with van der Waals surface area (Å²) < 4.78 is 39.0. The summed E-state index contributed by atoms with van der Waals surface area (Å²) in [5.74, 6) is -2.46. The van der Waals surface area contributed by atoms with Crippen molar-refractivity contribution >= 4 is 45.5 Å². The van der Waals surface area contributed by atoms with Crippen molar-refractivity contribution in [2.75, 3.05) is 31.6 Å². The Morgan fingerprint density at radius 1 is 1.00 bits per heavy atom. The van der Waals surface area contributed by atoms with Crippen molar-refractivity contribution in [3.05, 3.63) is 108 Å². The Kier molecular flexibility index (Phi) is 15.4. The fraction of sp³-hybridized carbons (Fsp3) is 0.405. The van der Waals surface area contributed by atoms with Gasteiger partial charge in [0.1, 0.15) is 17.7 Å². The average molecular weight is 803 g/mol. The number of hydrogen-bond donors (Lipinski definition) is 3. The molecule has 306 valence electrons. The molecule has 0 radical (unpaired) electrons. The summed E-state index contributed by atoms with van der Waals surface area (Å²) in [6.45, 7) is 9.18. The van der Waals surface area contributed by atoms with Crippen LogP contribution in [0.3, 0.4) is 0 Å². The normalized spacial score (nSPS) is 16.1. The van der Waals surface area contributed by atoms with Gasteiger partial charge < -0.3 is 25.4 Å². The standard InChI is InChI=1S/C42H54N6O8S/c1-29-19-21-35(22-20-29)57(53,54)46-40(43)44-24-13-18-36(47(6)41(52)56-42(3,4)5)38(50)45-28-31-23-25-48(34-16-11-8-12-17-34)39(51)33(26-31)27-37(49)55-30(2)32-14-9-7-10-15-32/h7-12,14-17,19-22,26,30,33,36H,13,18,23-25,27-28H2,1-6H3,(H,45,50)(H3,43,44,46)/t30?,33?,36-/m0/s1. The Morgan fingerprint density at radius 3 is 2.26 bits per heavy atom. The zero-order valence-corrected chi connectivity index (χ0v) is 34.3. The van der Waals surface area contributed by atoms with Crippen LogP contribution in [0.4, 0.5) is 10.5 Å². The van der Waals surface area contributed by atoms with Crippen LogP contribution in [0.5, 0.6) is 0 Å². The van der Waals surface area contributed by atoms with Crippen molar-refractivity contribution in [3.8, 4) is 0 Å². The van der Waals surface area contributed by atoms with Crippen LogP contribution in [0.25, 0.3) is 0 Å². The lowest BCUT2D eigenvalue weighted by atomic mass is 10.0. The molecule has 0 spiro atoms. The molecule has 3 aromatic carbocycles. The number of anilines is 1. The molecule has 1 aliphatic rings. The Morgan fingerprint density at radius 2 is 1.63 bits per heavy atom. The van der Waals surface area contributed by atoms with Crippen LogP contribution >= 0.6 is 0 Å². The van der Waals surface area contributed by atoms with E-state index >= 15 is 0 Å². The van der Waals surface area contributed by atoms with Crippen LogP contribution in [-0.2, 0) is 33.9 Å². The van der Waals surface area contributed by atoms with Crippen LogP contribution in [-0.4, -0.2) is 81.5 Å². The zero-order valence-electron chi connectivity index (χ0n) is 33.4. The minimum atomic E-state index is -3.95. The molecule has 2 unspecified atom stereocenters. The van der Waals surface area contributed by atoms with Gasteiger partial charge in [-0.15, -0.1) is 0 Å². The van der Waals surface area contributed by atoms with E-state index in [-0.39, 0.29) is 49.1 Å². The molecule has 3 amide bonds. The second-order valence-corrected chi connectivity index (χ2v) is 16.6. The van der Waals surface area contributed by atoms with E-state index in [1.54, 1.807) is 50.8 Å². The predicted octanol–water partition coefficient (Wildman–Crippen LogP) is 5.39. The summed E-state index contributed by atoms with van der Waals surface area (Å²) in [6, 6.07) is 23.7. The van der Waals surface area contributed by atoms with E-state index in [1.807, 2.05) is 67.6 Å². The van der Waals surface area contributed by atoms with E-state index in [4.69, 9.17) is 15.2 Å². The second kappa shape index (κ2) is 19.9. The number of ether oxygens (including phenoxy) is 2. The Bertz CT molecular complexity index is 2020. The highest BCUT2D eigenvalue weighted by molar-refractivity contribution is 7.90. The minimum absolute atomic E-state index is 0.0341. The molecule has 1 heterocycles. The molecular formula is C42H54N6O8S. The van der Waals surface area contributed by atoms with Crippen molar-refractivity contribution in [2.45, 2.75) is 82.9 Å². The van der Waals surface area contributed by atoms with E-state index in [2.05, 4.69) is 15.0 Å². The minimum Gasteiger partial charge on any atom is -0.458 e. The molecule has 0 fully saturated rings. The molecular weight excluding hydrogens is 749 g/mol. The van der Waals surface area contributed by atoms with E-state index in [9.17, 15) is 27.6 Å². The molecule has 15 heteroatoms. The number of hydrogen-bond acceptors (Lipinski definition) is 9. The quantitative estimate of drug-likeness (QED) is 0.0595. The summed E-state index contributed by atoms with van der Waals surface area (Å²) in [5.41, 5.74) is 8.22. The van der Waals surface area contributed by atoms with E-state index < -0.39 is 51.7 Å². The molecule has 0 aromatic heterocycles. The summed E-state index contributed by atoms with van der Waals surface area (Å²) in [7, 11) is -2.49. The van der Waals surface area contributed by atoms with Gasteiger partial charge in [-0.3, -0.25) is 24.3 Å². The average Bonchev–Trinajstić information content (AvgIpc) is 3.31. The number of guanidine groups is 1. The molecule has 0 bridgehead atoms. The number of likely N-dealkylation sites (N-methyl/N-ethyl adjacent to an activating group) is 1. The number of aliphatic imine (C=N–C) groups is 1. The Balaban J connectivity index is 1.47. The molecule has 57 heavy (non-hydrogen) atoms. The number of sulfonamides is 1. The number of para-hydroxylation sites is 1. The van der Waals surface area contributed by atoms with Gasteiger partial charge in [0.2, 0.25) is 17.8 Å². The smallest absolute Gasteiger partial charge is 0.410 e. The summed E-state index contributed by atoms with van der Waals surface area (Å²) in [4.78, 5) is 61.2. The summed E-state index contributed by atoms with van der Waals surface area (Å²) in [5, 5.41) is 2.92. The highest BCUT2D eigenvalue weighted by atomic mass is 32.2. The first-order valence-electron chi connectivity index (χ1n) is 18.9. The lowest BCUT2D eigenvalue weighted by molar-refractivity contribution is -0.150. The van der Waals surface area contributed by atoms with Gasteiger partial charge in [0, 0.05) is 32.4 Å². The van der Waals surface area contributed by atoms with Crippen molar-refractivity contribution in [3.63, 3.8) is 0 Å². The van der Waals surface area contributed by atoms with Crippen LogP contribution in [0.2, 0.25) is 0 Å². The molecule has 4 N–H and O–H groups in total. The molecule has 1 aliphatic heterocycles. The van der Waals surface area contributed by atoms with Gasteiger partial charge in [-0.25, -0.2) is 17.9 Å². The first-order valence-corrected chi connectivity index (χ1v) is 20.3. The van der Waals surface area contributed by atoms with Gasteiger partial charge >= 0.3 is 12.1 Å². The van der Waals surface area contributed by atoms with Gasteiger partial charge in [-0.05, 0) is 83.7 Å². The Hall–Kier alpha value is -5.70. The van der Waals surface area contributed by atoms with Gasteiger partial charge in [0.05, 0.1) is 17.2 Å². The SMILES string of the molecule is Cc1ccc(S(=O)(=O)NC(N)=NCCC[C@@H](C(=O)NCC2=CC(CC(=O)OC(C)c3ccccc3)C(=O)N(c3ccccc3)CC2)N(C)C(=O)OC(C)(C)C)cc1. The van der Waals surface area contributed by atoms with Gasteiger partial charge in [0.25, 0.3) is 10.0 Å². The number of rotatable bonds is 15. The molecule has 14 nitrogen and oxygen atoms in total.